The van der Waals surface area contributed by atoms with E-state index < -0.39 is 0 Å². The van der Waals surface area contributed by atoms with E-state index in [1.165, 1.54) is 0 Å². The van der Waals surface area contributed by atoms with Crippen LogP contribution in [0.15, 0.2) is 0 Å². The minimum atomic E-state index is -0.297. The fourth-order valence-corrected chi connectivity index (χ4v) is 1.11. The predicted molar refractivity (Wildman–Crippen MR) is 55.6 cm³/mol. The molecule has 98 valence electrons. The van der Waals surface area contributed by atoms with E-state index in [9.17, 15) is 0 Å². The Morgan fingerprint density at radius 3 is 1.19 bits per heavy atom. The molecule has 0 aromatic heterocycles. The molecule has 0 atom stereocenters. The Labute approximate surface area is 95.1 Å². The van der Waals surface area contributed by atoms with Crippen LogP contribution < -0.4 is 0 Å². The van der Waals surface area contributed by atoms with Crippen LogP contribution >= 0.6 is 0 Å². The summed E-state index contributed by atoms with van der Waals surface area (Å²) in [4.78, 5) is 1.99. The predicted octanol–water partition coefficient (Wildman–Crippen LogP) is -1.81. The van der Waals surface area contributed by atoms with Crippen LogP contribution in [0.25, 0.3) is 0 Å². The summed E-state index contributed by atoms with van der Waals surface area (Å²) in [5.74, 6) is 0. The number of hydrogen-bond acceptors (Lipinski definition) is 7. The lowest BCUT2D eigenvalue weighted by atomic mass is 10.4. The molecular weight excluding hydrogens is 218 g/mol. The first-order valence-electron chi connectivity index (χ1n) is 5.13. The van der Waals surface area contributed by atoms with Crippen molar-refractivity contribution in [1.29, 1.82) is 0 Å². The Bertz CT molecular complexity index is 113. The van der Waals surface area contributed by atoms with E-state index in [0.717, 1.165) is 0 Å². The van der Waals surface area contributed by atoms with E-state index in [2.05, 4.69) is 0 Å². The largest absolute Gasteiger partial charge is 0.371 e. The van der Waals surface area contributed by atoms with Gasteiger partial charge in [-0.05, 0) is 0 Å². The molecule has 0 rings (SSSR count). The molecule has 0 unspecified atom stereocenters. The van der Waals surface area contributed by atoms with Crippen molar-refractivity contribution >= 4 is 0 Å². The highest BCUT2D eigenvalue weighted by atomic mass is 16.6. The summed E-state index contributed by atoms with van der Waals surface area (Å²) in [6, 6.07) is 0. The van der Waals surface area contributed by atoms with Crippen LogP contribution in [-0.4, -0.2) is 80.1 Å². The quantitative estimate of drug-likeness (QED) is 0.273. The zero-order valence-electron chi connectivity index (χ0n) is 9.38. The summed E-state index contributed by atoms with van der Waals surface area (Å²) in [5, 5.41) is 25.4. The lowest BCUT2D eigenvalue weighted by Gasteiger charge is -2.21. The zero-order chi connectivity index (χ0) is 12.1. The summed E-state index contributed by atoms with van der Waals surface area (Å²) in [5.41, 5.74) is 0. The van der Waals surface area contributed by atoms with Crippen molar-refractivity contribution in [3.8, 4) is 0 Å². The topological polar surface area (TPSA) is 91.6 Å². The maximum absolute atomic E-state index is 8.45. The molecule has 0 fully saturated rings. The molecule has 0 saturated carbocycles. The second-order valence-corrected chi connectivity index (χ2v) is 2.95. The number of aliphatic hydroxyl groups excluding tert-OH is 3. The van der Waals surface area contributed by atoms with Gasteiger partial charge in [-0.15, -0.1) is 0 Å². The molecule has 0 spiro atoms. The van der Waals surface area contributed by atoms with E-state index >= 15 is 0 Å². The molecule has 0 bridgehead atoms. The van der Waals surface area contributed by atoms with Gasteiger partial charge in [0, 0.05) is 19.6 Å². The average molecular weight is 239 g/mol. The summed E-state index contributed by atoms with van der Waals surface area (Å²) >= 11 is 0. The monoisotopic (exact) mass is 239 g/mol. The van der Waals surface area contributed by atoms with E-state index in [-0.39, 0.29) is 20.4 Å². The smallest absolute Gasteiger partial charge is 0.143 e. The van der Waals surface area contributed by atoms with Crippen LogP contribution in [0.1, 0.15) is 0 Å². The number of hydrogen-bond donors (Lipinski definition) is 3. The van der Waals surface area contributed by atoms with Crippen molar-refractivity contribution in [3.63, 3.8) is 0 Å². The van der Waals surface area contributed by atoms with Crippen LogP contribution in [0, 0.1) is 0 Å². The van der Waals surface area contributed by atoms with Crippen LogP contribution in [0.3, 0.4) is 0 Å². The second-order valence-electron chi connectivity index (χ2n) is 2.95. The fourth-order valence-electron chi connectivity index (χ4n) is 1.11. The number of rotatable bonds is 12. The molecule has 0 saturated heterocycles. The summed E-state index contributed by atoms with van der Waals surface area (Å²) in [6.45, 7) is 2.23. The average Bonchev–Trinajstić information content (AvgIpc) is 2.29. The van der Waals surface area contributed by atoms with E-state index in [1.807, 2.05) is 4.90 Å². The van der Waals surface area contributed by atoms with Crippen LogP contribution in [-0.2, 0) is 14.2 Å². The molecule has 0 amide bonds. The Hall–Kier alpha value is -0.280. The summed E-state index contributed by atoms with van der Waals surface area (Å²) in [6.07, 6.45) is 0. The van der Waals surface area contributed by atoms with Gasteiger partial charge in [0.2, 0.25) is 0 Å². The van der Waals surface area contributed by atoms with Gasteiger partial charge in [0.1, 0.15) is 20.4 Å². The van der Waals surface area contributed by atoms with Crippen molar-refractivity contribution in [2.24, 2.45) is 0 Å². The van der Waals surface area contributed by atoms with Crippen molar-refractivity contribution in [3.05, 3.63) is 0 Å². The minimum absolute atomic E-state index is 0.297. The first kappa shape index (κ1) is 15.7. The SMILES string of the molecule is OCOCCN(CCOCO)CCOCO. The first-order valence-corrected chi connectivity index (χ1v) is 5.13. The molecular formula is C9H21NO6. The Balaban J connectivity index is 3.58. The van der Waals surface area contributed by atoms with Gasteiger partial charge < -0.3 is 29.5 Å². The molecule has 0 radical (unpaired) electrons. The van der Waals surface area contributed by atoms with Crippen LogP contribution in [0.2, 0.25) is 0 Å². The summed E-state index contributed by atoms with van der Waals surface area (Å²) in [7, 11) is 0. The third kappa shape index (κ3) is 10.2. The van der Waals surface area contributed by atoms with Gasteiger partial charge in [0.05, 0.1) is 19.8 Å². The normalized spacial score (nSPS) is 11.2. The molecule has 0 aliphatic rings. The highest BCUT2D eigenvalue weighted by molar-refractivity contribution is 4.56. The van der Waals surface area contributed by atoms with E-state index in [1.54, 1.807) is 0 Å². The van der Waals surface area contributed by atoms with Crippen molar-refractivity contribution in [1.82, 2.24) is 4.90 Å². The fraction of sp³-hybridized carbons (Fsp3) is 1.00. The summed E-state index contributed by atoms with van der Waals surface area (Å²) < 4.78 is 14.4. The Morgan fingerprint density at radius 1 is 0.625 bits per heavy atom. The molecule has 3 N–H and O–H groups in total. The maximum atomic E-state index is 8.45. The molecule has 0 aliphatic heterocycles. The molecule has 7 heteroatoms. The number of ether oxygens (including phenoxy) is 3. The van der Waals surface area contributed by atoms with Gasteiger partial charge in [0.15, 0.2) is 0 Å². The van der Waals surface area contributed by atoms with Crippen LogP contribution in [0.4, 0.5) is 0 Å². The van der Waals surface area contributed by atoms with Gasteiger partial charge >= 0.3 is 0 Å². The molecule has 0 aliphatic carbocycles. The molecule has 16 heavy (non-hydrogen) atoms. The lowest BCUT2D eigenvalue weighted by molar-refractivity contribution is -0.0376. The van der Waals surface area contributed by atoms with Gasteiger partial charge in [0.25, 0.3) is 0 Å². The molecule has 0 aromatic carbocycles. The third-order valence-corrected chi connectivity index (χ3v) is 1.93. The van der Waals surface area contributed by atoms with Gasteiger partial charge in [-0.3, -0.25) is 4.90 Å². The maximum Gasteiger partial charge on any atom is 0.143 e. The Kier molecular flexibility index (Phi) is 12.6. The van der Waals surface area contributed by atoms with E-state index in [0.29, 0.717) is 39.5 Å². The zero-order valence-corrected chi connectivity index (χ0v) is 9.38. The van der Waals surface area contributed by atoms with E-state index in [4.69, 9.17) is 29.5 Å². The highest BCUT2D eigenvalue weighted by Crippen LogP contribution is 1.90. The molecule has 7 nitrogen and oxygen atoms in total. The standard InChI is InChI=1S/C9H21NO6/c11-7-14-4-1-10(2-5-15-8-12)3-6-16-9-13/h11-13H,1-9H2. The Morgan fingerprint density at radius 2 is 0.938 bits per heavy atom. The number of aliphatic hydroxyl groups is 3. The highest BCUT2D eigenvalue weighted by Gasteiger charge is 2.04. The van der Waals surface area contributed by atoms with Crippen LogP contribution in [0.5, 0.6) is 0 Å². The first-order chi connectivity index (χ1) is 7.85. The number of nitrogens with zero attached hydrogens (tertiary/aromatic N) is 1. The second kappa shape index (κ2) is 12.8. The lowest BCUT2D eigenvalue weighted by Crippen LogP contribution is -2.34. The van der Waals surface area contributed by atoms with Crippen molar-refractivity contribution in [2.75, 3.05) is 59.8 Å². The van der Waals surface area contributed by atoms with Gasteiger partial charge in [-0.1, -0.05) is 0 Å². The van der Waals surface area contributed by atoms with Gasteiger partial charge in [-0.25, -0.2) is 0 Å². The van der Waals surface area contributed by atoms with Crippen molar-refractivity contribution in [2.45, 2.75) is 0 Å². The van der Waals surface area contributed by atoms with Crippen molar-refractivity contribution < 1.29 is 29.5 Å². The third-order valence-electron chi connectivity index (χ3n) is 1.93. The van der Waals surface area contributed by atoms with Gasteiger partial charge in [-0.2, -0.15) is 0 Å². The molecule has 0 heterocycles. The molecule has 0 aromatic rings. The minimum Gasteiger partial charge on any atom is -0.371 e.